The lowest BCUT2D eigenvalue weighted by Gasteiger charge is -2.08. The smallest absolute Gasteiger partial charge is 0.265 e. The van der Waals surface area contributed by atoms with E-state index in [0.29, 0.717) is 4.88 Å². The maximum Gasteiger partial charge on any atom is 0.265 e. The van der Waals surface area contributed by atoms with E-state index in [-0.39, 0.29) is 5.91 Å². The van der Waals surface area contributed by atoms with Crippen molar-refractivity contribution in [1.82, 2.24) is 24.5 Å². The molecule has 0 aliphatic carbocycles. The summed E-state index contributed by atoms with van der Waals surface area (Å²) in [6, 6.07) is 19.8. The first-order valence-corrected chi connectivity index (χ1v) is 12.4. The quantitative estimate of drug-likeness (QED) is 0.371. The summed E-state index contributed by atoms with van der Waals surface area (Å²) in [5, 5.41) is 17.5. The van der Waals surface area contributed by atoms with E-state index in [0.717, 1.165) is 63.9 Å². The molecule has 8 heteroatoms. The van der Waals surface area contributed by atoms with E-state index in [9.17, 15) is 4.79 Å². The van der Waals surface area contributed by atoms with Crippen molar-refractivity contribution < 1.29 is 4.79 Å². The van der Waals surface area contributed by atoms with Crippen molar-refractivity contribution in [2.75, 3.05) is 5.32 Å². The molecule has 1 aliphatic heterocycles. The Kier molecular flexibility index (Phi) is 5.22. The number of anilines is 1. The minimum absolute atomic E-state index is 0.121. The Morgan fingerprint density at radius 2 is 1.82 bits per heavy atom. The van der Waals surface area contributed by atoms with Gasteiger partial charge < -0.3 is 9.88 Å². The van der Waals surface area contributed by atoms with Gasteiger partial charge in [0.1, 0.15) is 10.7 Å². The lowest BCUT2D eigenvalue weighted by molar-refractivity contribution is 0.103. The van der Waals surface area contributed by atoms with Crippen molar-refractivity contribution in [1.29, 1.82) is 0 Å². The van der Waals surface area contributed by atoms with E-state index >= 15 is 0 Å². The zero-order valence-corrected chi connectivity index (χ0v) is 19.7. The van der Waals surface area contributed by atoms with Crippen LogP contribution in [0.4, 0.5) is 5.69 Å². The van der Waals surface area contributed by atoms with Crippen molar-refractivity contribution in [3.8, 4) is 17.1 Å². The van der Waals surface area contributed by atoms with Gasteiger partial charge in [0.25, 0.3) is 5.91 Å². The van der Waals surface area contributed by atoms with Gasteiger partial charge in [-0.05, 0) is 62.2 Å². The molecule has 7 nitrogen and oxygen atoms in total. The first kappa shape index (κ1) is 20.8. The van der Waals surface area contributed by atoms with Crippen LogP contribution in [-0.2, 0) is 13.0 Å². The third-order valence-corrected chi connectivity index (χ3v) is 7.39. The molecule has 6 rings (SSSR count). The fourth-order valence-corrected chi connectivity index (χ4v) is 5.58. The Morgan fingerprint density at radius 3 is 2.65 bits per heavy atom. The number of nitrogens with zero attached hydrogens (tertiary/aromatic N) is 5. The zero-order valence-electron chi connectivity index (χ0n) is 18.9. The van der Waals surface area contributed by atoms with Gasteiger partial charge in [0, 0.05) is 29.6 Å². The number of rotatable bonds is 4. The molecule has 0 saturated carbocycles. The van der Waals surface area contributed by atoms with Crippen LogP contribution in [0.25, 0.3) is 27.3 Å². The van der Waals surface area contributed by atoms with Crippen LogP contribution in [-0.4, -0.2) is 30.5 Å². The number of carbonyl (C=O) groups excluding carboxylic acids is 1. The molecule has 1 N–H and O–H groups in total. The third kappa shape index (κ3) is 3.70. The van der Waals surface area contributed by atoms with Crippen molar-refractivity contribution in [2.45, 2.75) is 39.2 Å². The van der Waals surface area contributed by atoms with Crippen molar-refractivity contribution in [3.63, 3.8) is 0 Å². The monoisotopic (exact) mass is 468 g/mol. The summed E-state index contributed by atoms with van der Waals surface area (Å²) >= 11 is 1.45. The molecule has 1 amide bonds. The Hall–Kier alpha value is -3.78. The summed E-state index contributed by atoms with van der Waals surface area (Å²) in [5.74, 6) is 1.85. The number of aryl methyl sites for hydroxylation is 2. The molecule has 34 heavy (non-hydrogen) atoms. The van der Waals surface area contributed by atoms with Crippen molar-refractivity contribution >= 4 is 33.1 Å². The second-order valence-corrected chi connectivity index (χ2v) is 9.63. The van der Waals surface area contributed by atoms with Gasteiger partial charge in [-0.15, -0.1) is 21.5 Å². The Bertz CT molecular complexity index is 1480. The molecule has 0 bridgehead atoms. The minimum Gasteiger partial charge on any atom is -0.321 e. The van der Waals surface area contributed by atoms with Crippen LogP contribution < -0.4 is 5.32 Å². The zero-order chi connectivity index (χ0) is 23.1. The molecule has 2 aromatic carbocycles. The van der Waals surface area contributed by atoms with Crippen LogP contribution in [0.3, 0.4) is 0 Å². The topological polar surface area (TPSA) is 77.6 Å². The fourth-order valence-electron chi connectivity index (χ4n) is 4.50. The molecule has 0 spiro atoms. The Labute approximate surface area is 201 Å². The molecular formula is C26H24N6OS. The van der Waals surface area contributed by atoms with Crippen LogP contribution in [0.15, 0.2) is 60.7 Å². The van der Waals surface area contributed by atoms with Gasteiger partial charge in [0.05, 0.1) is 16.3 Å². The number of benzene rings is 2. The number of nitrogens with one attached hydrogen (secondary N) is 1. The maximum atomic E-state index is 13.0. The number of hydrogen-bond acceptors (Lipinski definition) is 5. The van der Waals surface area contributed by atoms with Crippen LogP contribution in [0.2, 0.25) is 0 Å². The summed E-state index contributed by atoms with van der Waals surface area (Å²) in [6.45, 7) is 2.93. The molecule has 0 atom stereocenters. The standard InChI is InChI=1S/C26H24N6OS/c1-17-21-16-22(34-26(21)32(30-17)20-8-4-2-5-9-20)25(33)27-19-13-11-18(12-14-19)24-29-28-23-10-6-3-7-15-31(23)24/h2,4-5,8-9,11-14,16H,3,6-7,10,15H2,1H3,(H,27,33). The van der Waals surface area contributed by atoms with Crippen molar-refractivity contribution in [2.24, 2.45) is 0 Å². The van der Waals surface area contributed by atoms with E-state index in [4.69, 9.17) is 0 Å². The molecule has 0 unspecified atom stereocenters. The first-order chi connectivity index (χ1) is 16.7. The highest BCUT2D eigenvalue weighted by molar-refractivity contribution is 7.20. The molecule has 0 radical (unpaired) electrons. The van der Waals surface area contributed by atoms with Gasteiger partial charge >= 0.3 is 0 Å². The lowest BCUT2D eigenvalue weighted by atomic mass is 10.2. The summed E-state index contributed by atoms with van der Waals surface area (Å²) in [6.07, 6.45) is 4.54. The number of thiophene rings is 1. The number of hydrogen-bond donors (Lipinski definition) is 1. The number of fused-ring (bicyclic) bond motifs is 2. The van der Waals surface area contributed by atoms with Crippen LogP contribution in [0.1, 0.15) is 40.5 Å². The van der Waals surface area contributed by atoms with E-state index < -0.39 is 0 Å². The molecule has 4 heterocycles. The van der Waals surface area contributed by atoms with E-state index in [1.165, 1.54) is 24.2 Å². The van der Waals surface area contributed by atoms with Crippen molar-refractivity contribution in [3.05, 3.63) is 77.1 Å². The summed E-state index contributed by atoms with van der Waals surface area (Å²) in [4.78, 5) is 14.7. The Morgan fingerprint density at radius 1 is 1.00 bits per heavy atom. The second-order valence-electron chi connectivity index (χ2n) is 8.60. The summed E-state index contributed by atoms with van der Waals surface area (Å²) in [7, 11) is 0. The Balaban J connectivity index is 1.23. The van der Waals surface area contributed by atoms with Crippen LogP contribution in [0.5, 0.6) is 0 Å². The predicted molar refractivity (Wildman–Crippen MR) is 135 cm³/mol. The molecule has 5 aromatic rings. The fraction of sp³-hybridized carbons (Fsp3) is 0.231. The van der Waals surface area contributed by atoms with Gasteiger partial charge in [0.2, 0.25) is 0 Å². The van der Waals surface area contributed by atoms with Gasteiger partial charge in [-0.1, -0.05) is 24.6 Å². The number of carbonyl (C=O) groups is 1. The van der Waals surface area contributed by atoms with Gasteiger partial charge in [-0.2, -0.15) is 5.10 Å². The van der Waals surface area contributed by atoms with Gasteiger partial charge in [0.15, 0.2) is 5.82 Å². The molecule has 0 fully saturated rings. The number of aromatic nitrogens is 5. The summed E-state index contributed by atoms with van der Waals surface area (Å²) in [5.41, 5.74) is 3.66. The minimum atomic E-state index is -0.121. The maximum absolute atomic E-state index is 13.0. The van der Waals surface area contributed by atoms with Gasteiger partial charge in [-0.3, -0.25) is 4.79 Å². The number of amides is 1. The molecule has 170 valence electrons. The number of para-hydroxylation sites is 1. The molecule has 3 aromatic heterocycles. The molecular weight excluding hydrogens is 444 g/mol. The van der Waals surface area contributed by atoms with E-state index in [1.54, 1.807) is 0 Å². The van der Waals surface area contributed by atoms with E-state index in [2.05, 4.69) is 25.2 Å². The third-order valence-electron chi connectivity index (χ3n) is 6.28. The highest BCUT2D eigenvalue weighted by Crippen LogP contribution is 2.31. The average Bonchev–Trinajstić information content (AvgIpc) is 3.51. The largest absolute Gasteiger partial charge is 0.321 e. The predicted octanol–water partition coefficient (Wildman–Crippen LogP) is 5.63. The SMILES string of the molecule is Cc1nn(-c2ccccc2)c2sc(C(=O)Nc3ccc(-c4nnc5n4CCCCC5)cc3)cc12. The van der Waals surface area contributed by atoms with E-state index in [1.807, 2.05) is 72.3 Å². The second kappa shape index (κ2) is 8.53. The first-order valence-electron chi connectivity index (χ1n) is 11.6. The molecule has 1 aliphatic rings. The van der Waals surface area contributed by atoms with Crippen LogP contribution in [0, 0.1) is 6.92 Å². The lowest BCUT2D eigenvalue weighted by Crippen LogP contribution is -2.10. The average molecular weight is 469 g/mol. The normalized spacial score (nSPS) is 13.6. The van der Waals surface area contributed by atoms with Crippen LogP contribution >= 0.6 is 11.3 Å². The van der Waals surface area contributed by atoms with Gasteiger partial charge in [-0.25, -0.2) is 4.68 Å². The molecule has 0 saturated heterocycles. The summed E-state index contributed by atoms with van der Waals surface area (Å²) < 4.78 is 4.14. The highest BCUT2D eigenvalue weighted by Gasteiger charge is 2.18. The highest BCUT2D eigenvalue weighted by atomic mass is 32.1.